The number of nitrogen functional groups attached to an aromatic ring is 1. The van der Waals surface area contributed by atoms with E-state index in [1.165, 1.54) is 29.8 Å². The van der Waals surface area contributed by atoms with Crippen molar-refractivity contribution in [1.29, 1.82) is 5.26 Å². The Morgan fingerprint density at radius 1 is 1.28 bits per heavy atom. The lowest BCUT2D eigenvalue weighted by Crippen LogP contribution is -2.44. The number of aromatic nitrogens is 4. The molecule has 11 nitrogen and oxygen atoms in total. The van der Waals surface area contributed by atoms with Gasteiger partial charge in [-0.2, -0.15) is 10.2 Å². The molecule has 1 aliphatic heterocycles. The van der Waals surface area contributed by atoms with Crippen molar-refractivity contribution in [2.75, 3.05) is 23.7 Å². The van der Waals surface area contributed by atoms with Crippen molar-refractivity contribution < 1.29 is 4.79 Å². The summed E-state index contributed by atoms with van der Waals surface area (Å²) in [7, 11) is 1.53. The maximum absolute atomic E-state index is 13.7. The lowest BCUT2D eigenvalue weighted by atomic mass is 10.0. The average molecular weight is 491 g/mol. The van der Waals surface area contributed by atoms with Gasteiger partial charge in [0.25, 0.3) is 5.56 Å². The summed E-state index contributed by atoms with van der Waals surface area (Å²) < 4.78 is 3.97. The number of nitrogens with zero attached hydrogens (tertiary/aromatic N) is 6. The molecule has 2 aromatic heterocycles. The van der Waals surface area contributed by atoms with Crippen LogP contribution in [0.2, 0.25) is 0 Å². The molecule has 0 amide bonds. The summed E-state index contributed by atoms with van der Waals surface area (Å²) in [5.41, 5.74) is 12.7. The van der Waals surface area contributed by atoms with Gasteiger partial charge in [0, 0.05) is 38.3 Å². The molecule has 1 atom stereocenters. The molecular formula is C25H30N8O3. The molecule has 0 aliphatic carbocycles. The predicted molar refractivity (Wildman–Crippen MR) is 138 cm³/mol. The van der Waals surface area contributed by atoms with Crippen LogP contribution < -0.4 is 27.6 Å². The summed E-state index contributed by atoms with van der Waals surface area (Å²) >= 11 is 0. The number of carbonyl (C=O) groups excluding carboxylic acids is 1. The standard InChI is InChI=1S/C25H30N8O3/c1-15(2)9-11-32-21-22(29-24(32)31-10-5-7-17(27)13-31)30(3)25(36)33(23(21)35)14-19(34)18-8-4-6-16(12-26)20(18)28/h4,6,8-9,17H,5,7,10-11,13-14,27-28H2,1-3H3. The Hall–Kier alpha value is -4.17. The zero-order valence-corrected chi connectivity index (χ0v) is 20.7. The first kappa shape index (κ1) is 24.9. The van der Waals surface area contributed by atoms with Gasteiger partial charge in [-0.1, -0.05) is 17.7 Å². The number of benzene rings is 1. The highest BCUT2D eigenvalue weighted by molar-refractivity contribution is 6.01. The number of hydrogen-bond donors (Lipinski definition) is 2. The van der Waals surface area contributed by atoms with Gasteiger partial charge in [-0.3, -0.25) is 18.7 Å². The highest BCUT2D eigenvalue weighted by Gasteiger charge is 2.27. The maximum atomic E-state index is 13.7. The van der Waals surface area contributed by atoms with Crippen molar-refractivity contribution in [2.45, 2.75) is 45.8 Å². The number of hydrogen-bond acceptors (Lipinski definition) is 8. The van der Waals surface area contributed by atoms with Gasteiger partial charge >= 0.3 is 5.69 Å². The molecule has 3 aromatic rings. The van der Waals surface area contributed by atoms with Crippen LogP contribution in [-0.2, 0) is 20.1 Å². The number of ketones is 1. The molecule has 1 aromatic carbocycles. The summed E-state index contributed by atoms with van der Waals surface area (Å²) in [4.78, 5) is 46.7. The third kappa shape index (κ3) is 4.43. The van der Waals surface area contributed by atoms with Crippen LogP contribution in [0.1, 0.15) is 42.6 Å². The van der Waals surface area contributed by atoms with E-state index in [-0.39, 0.29) is 34.0 Å². The predicted octanol–water partition coefficient (Wildman–Crippen LogP) is 1.13. The molecule has 1 fully saturated rings. The fourth-order valence-corrected chi connectivity index (χ4v) is 4.51. The quantitative estimate of drug-likeness (QED) is 0.296. The average Bonchev–Trinajstić information content (AvgIpc) is 3.24. The number of Topliss-reactive ketones (excluding diaryl/α,β-unsaturated/α-hetero) is 1. The van der Waals surface area contributed by atoms with E-state index in [0.717, 1.165) is 29.5 Å². The van der Waals surface area contributed by atoms with Crippen LogP contribution in [0.4, 0.5) is 11.6 Å². The normalized spacial score (nSPS) is 15.6. The van der Waals surface area contributed by atoms with E-state index in [4.69, 9.17) is 16.5 Å². The van der Waals surface area contributed by atoms with Crippen LogP contribution in [0.25, 0.3) is 11.2 Å². The number of anilines is 2. The van der Waals surface area contributed by atoms with Gasteiger partial charge < -0.3 is 20.9 Å². The highest BCUT2D eigenvalue weighted by Crippen LogP contribution is 2.23. The number of allylic oxidation sites excluding steroid dienone is 2. The summed E-state index contributed by atoms with van der Waals surface area (Å²) in [5, 5.41) is 9.23. The Bertz CT molecular complexity index is 1530. The number of para-hydroxylation sites is 1. The largest absolute Gasteiger partial charge is 0.397 e. The molecule has 3 heterocycles. The van der Waals surface area contributed by atoms with Crippen LogP contribution in [0.5, 0.6) is 0 Å². The number of nitriles is 1. The van der Waals surface area contributed by atoms with E-state index in [1.807, 2.05) is 30.9 Å². The fraction of sp³-hybridized carbons (Fsp3) is 0.400. The van der Waals surface area contributed by atoms with Crippen molar-refractivity contribution in [3.8, 4) is 6.07 Å². The summed E-state index contributed by atoms with van der Waals surface area (Å²) in [6, 6.07) is 6.44. The number of rotatable bonds is 6. The van der Waals surface area contributed by atoms with Gasteiger partial charge in [0.15, 0.2) is 16.9 Å². The third-order valence-electron chi connectivity index (χ3n) is 6.46. The van der Waals surface area contributed by atoms with Crippen molar-refractivity contribution in [3.63, 3.8) is 0 Å². The molecule has 0 saturated carbocycles. The van der Waals surface area contributed by atoms with Gasteiger partial charge in [0.1, 0.15) is 6.07 Å². The van der Waals surface area contributed by atoms with Crippen molar-refractivity contribution in [1.82, 2.24) is 18.7 Å². The lowest BCUT2D eigenvalue weighted by molar-refractivity contribution is 0.0969. The molecule has 0 radical (unpaired) electrons. The van der Waals surface area contributed by atoms with E-state index in [2.05, 4.69) is 0 Å². The number of nitrogens with two attached hydrogens (primary N) is 2. The van der Waals surface area contributed by atoms with Crippen LogP contribution in [0.15, 0.2) is 39.4 Å². The first-order valence-corrected chi connectivity index (χ1v) is 11.8. The minimum Gasteiger partial charge on any atom is -0.397 e. The molecule has 0 spiro atoms. The van der Waals surface area contributed by atoms with Crippen molar-refractivity contribution >= 4 is 28.6 Å². The topological polar surface area (TPSA) is 158 Å². The molecular weight excluding hydrogens is 460 g/mol. The second kappa shape index (κ2) is 9.83. The molecule has 4 rings (SSSR count). The van der Waals surface area contributed by atoms with Crippen LogP contribution >= 0.6 is 0 Å². The van der Waals surface area contributed by atoms with Gasteiger partial charge in [0.05, 0.1) is 17.8 Å². The molecule has 11 heteroatoms. The van der Waals surface area contributed by atoms with Gasteiger partial charge in [0.2, 0.25) is 5.95 Å². The molecule has 36 heavy (non-hydrogen) atoms. The van der Waals surface area contributed by atoms with Gasteiger partial charge in [-0.05, 0) is 38.8 Å². The summed E-state index contributed by atoms with van der Waals surface area (Å²) in [6.45, 7) is 5.11. The number of imidazole rings is 1. The summed E-state index contributed by atoms with van der Waals surface area (Å²) in [6.07, 6.45) is 3.78. The highest BCUT2D eigenvalue weighted by atomic mass is 16.2. The minimum absolute atomic E-state index is 0.0109. The zero-order chi connectivity index (χ0) is 26.1. The second-order valence-corrected chi connectivity index (χ2v) is 9.36. The number of piperidine rings is 1. The first-order chi connectivity index (χ1) is 17.1. The molecule has 188 valence electrons. The van der Waals surface area contributed by atoms with E-state index < -0.39 is 23.6 Å². The van der Waals surface area contributed by atoms with Gasteiger partial charge in [-0.15, -0.1) is 0 Å². The van der Waals surface area contributed by atoms with Crippen LogP contribution in [-0.4, -0.2) is 43.6 Å². The van der Waals surface area contributed by atoms with Crippen molar-refractivity contribution in [3.05, 3.63) is 61.8 Å². The van der Waals surface area contributed by atoms with E-state index >= 15 is 0 Å². The Morgan fingerprint density at radius 3 is 2.69 bits per heavy atom. The maximum Gasteiger partial charge on any atom is 0.332 e. The minimum atomic E-state index is -0.662. The SMILES string of the molecule is CC(C)=CCn1c(N2CCCC(N)C2)nc2c1c(=O)n(CC(=O)c1cccc(C#N)c1N)c(=O)n2C. The summed E-state index contributed by atoms with van der Waals surface area (Å²) in [5.74, 6) is 0.0283. The number of carbonyl (C=O) groups is 1. The molecule has 1 unspecified atom stereocenters. The number of fused-ring (bicyclic) bond motifs is 1. The lowest BCUT2D eigenvalue weighted by Gasteiger charge is -2.31. The van der Waals surface area contributed by atoms with Crippen LogP contribution in [0, 0.1) is 11.3 Å². The Kier molecular flexibility index (Phi) is 6.81. The van der Waals surface area contributed by atoms with E-state index in [9.17, 15) is 19.6 Å². The van der Waals surface area contributed by atoms with Gasteiger partial charge in [-0.25, -0.2) is 4.79 Å². The molecule has 0 bridgehead atoms. The van der Waals surface area contributed by atoms with Crippen LogP contribution in [0.3, 0.4) is 0 Å². The third-order valence-corrected chi connectivity index (χ3v) is 6.46. The van der Waals surface area contributed by atoms with E-state index in [1.54, 1.807) is 4.57 Å². The second-order valence-electron chi connectivity index (χ2n) is 9.36. The molecule has 1 saturated heterocycles. The van der Waals surface area contributed by atoms with E-state index in [0.29, 0.717) is 19.0 Å². The monoisotopic (exact) mass is 490 g/mol. The Balaban J connectivity index is 1.89. The Labute approximate surface area is 207 Å². The molecule has 4 N–H and O–H groups in total. The first-order valence-electron chi connectivity index (χ1n) is 11.8. The Morgan fingerprint density at radius 2 is 2.03 bits per heavy atom. The molecule has 1 aliphatic rings. The smallest absolute Gasteiger partial charge is 0.332 e. The fourth-order valence-electron chi connectivity index (χ4n) is 4.51. The van der Waals surface area contributed by atoms with Crippen molar-refractivity contribution in [2.24, 2.45) is 12.8 Å². The zero-order valence-electron chi connectivity index (χ0n) is 20.7. The number of aryl methyl sites for hydroxylation is 1.